The van der Waals surface area contributed by atoms with Gasteiger partial charge in [0.25, 0.3) is 5.91 Å². The zero-order valence-corrected chi connectivity index (χ0v) is 15.1. The van der Waals surface area contributed by atoms with Gasteiger partial charge in [0.1, 0.15) is 17.9 Å². The number of amides is 1. The molecule has 1 aliphatic carbocycles. The molecule has 0 aliphatic heterocycles. The Bertz CT molecular complexity index is 987. The molecule has 0 bridgehead atoms. The summed E-state index contributed by atoms with van der Waals surface area (Å²) < 4.78 is 5.71. The number of aromatic nitrogens is 6. The molecule has 0 saturated heterocycles. The average molecular weight is 356 g/mol. The van der Waals surface area contributed by atoms with Crippen molar-refractivity contribution < 1.29 is 9.21 Å². The first kappa shape index (κ1) is 16.4. The Labute approximate surface area is 149 Å². The van der Waals surface area contributed by atoms with Crippen molar-refractivity contribution in [3.63, 3.8) is 0 Å². The third-order valence-corrected chi connectivity index (χ3v) is 4.93. The molecule has 10 heteroatoms. The Balaban J connectivity index is 1.69. The maximum atomic E-state index is 12.8. The molecule has 0 atom stereocenters. The summed E-state index contributed by atoms with van der Waals surface area (Å²) in [6.07, 6.45) is 3.64. The number of nitrogens with zero attached hydrogens (tertiary/aromatic N) is 7. The van der Waals surface area contributed by atoms with Crippen LogP contribution in [0.2, 0.25) is 0 Å². The zero-order valence-electron chi connectivity index (χ0n) is 15.1. The van der Waals surface area contributed by atoms with Crippen LogP contribution in [0.5, 0.6) is 0 Å². The number of hydrogen-bond donors (Lipinski definition) is 1. The van der Waals surface area contributed by atoms with Gasteiger partial charge in [-0.15, -0.1) is 10.2 Å². The van der Waals surface area contributed by atoms with Crippen molar-refractivity contribution in [1.82, 2.24) is 35.5 Å². The zero-order chi connectivity index (χ0) is 18.5. The highest BCUT2D eigenvalue weighted by Gasteiger charge is 2.43. The van der Waals surface area contributed by atoms with Gasteiger partial charge < -0.3 is 14.6 Å². The van der Waals surface area contributed by atoms with Crippen LogP contribution in [-0.4, -0.2) is 48.7 Å². The Morgan fingerprint density at radius 1 is 1.42 bits per heavy atom. The van der Waals surface area contributed by atoms with Gasteiger partial charge in [-0.05, 0) is 31.9 Å². The maximum absolute atomic E-state index is 12.8. The lowest BCUT2D eigenvalue weighted by Crippen LogP contribution is -2.32. The molecule has 0 unspecified atom stereocenters. The molecule has 1 N–H and O–H groups in total. The first-order valence-corrected chi connectivity index (χ1v) is 8.38. The summed E-state index contributed by atoms with van der Waals surface area (Å²) in [6, 6.07) is 0. The van der Waals surface area contributed by atoms with E-state index in [9.17, 15) is 4.79 Å². The van der Waals surface area contributed by atoms with Crippen molar-refractivity contribution in [3.05, 3.63) is 23.5 Å². The molecule has 10 nitrogen and oxygen atoms in total. The summed E-state index contributed by atoms with van der Waals surface area (Å²) >= 11 is 0. The van der Waals surface area contributed by atoms with E-state index in [4.69, 9.17) is 4.42 Å². The molecule has 4 rings (SSSR count). The fourth-order valence-electron chi connectivity index (χ4n) is 2.97. The monoisotopic (exact) mass is 356 g/mol. The Morgan fingerprint density at radius 3 is 2.85 bits per heavy atom. The number of carbonyl (C=O) groups excluding carboxylic acids is 1. The SMILES string of the molecule is Cc1oc2ncnc(N(C)C3(C)CC3)c2c1C(=O)NCc1nnn(C)n1. The van der Waals surface area contributed by atoms with Crippen molar-refractivity contribution in [1.29, 1.82) is 0 Å². The average Bonchev–Trinajstić information content (AvgIpc) is 3.07. The highest BCUT2D eigenvalue weighted by molar-refractivity contribution is 6.10. The summed E-state index contributed by atoms with van der Waals surface area (Å²) in [5.74, 6) is 1.36. The summed E-state index contributed by atoms with van der Waals surface area (Å²) in [4.78, 5) is 24.9. The van der Waals surface area contributed by atoms with Crippen LogP contribution in [0.25, 0.3) is 11.1 Å². The van der Waals surface area contributed by atoms with Crippen LogP contribution < -0.4 is 10.2 Å². The van der Waals surface area contributed by atoms with Gasteiger partial charge in [-0.3, -0.25) is 4.79 Å². The number of hydrogen-bond acceptors (Lipinski definition) is 8. The molecule has 3 heterocycles. The van der Waals surface area contributed by atoms with Gasteiger partial charge in [0.05, 0.1) is 24.5 Å². The van der Waals surface area contributed by atoms with Crippen molar-refractivity contribution in [2.45, 2.75) is 38.8 Å². The predicted molar refractivity (Wildman–Crippen MR) is 92.6 cm³/mol. The maximum Gasteiger partial charge on any atom is 0.256 e. The molecule has 3 aromatic heterocycles. The van der Waals surface area contributed by atoms with Gasteiger partial charge in [0, 0.05) is 12.6 Å². The number of rotatable bonds is 5. The molecule has 3 aromatic rings. The van der Waals surface area contributed by atoms with Crippen LogP contribution in [-0.2, 0) is 13.6 Å². The third-order valence-electron chi connectivity index (χ3n) is 4.93. The highest BCUT2D eigenvalue weighted by Crippen LogP contribution is 2.44. The number of aryl methyl sites for hydroxylation is 2. The molecule has 1 aliphatic rings. The van der Waals surface area contributed by atoms with Crippen LogP contribution in [0.15, 0.2) is 10.7 Å². The fraction of sp³-hybridized carbons (Fsp3) is 0.500. The van der Waals surface area contributed by atoms with Gasteiger partial charge in [-0.1, -0.05) is 0 Å². The lowest BCUT2D eigenvalue weighted by atomic mass is 10.1. The molecule has 0 spiro atoms. The lowest BCUT2D eigenvalue weighted by Gasteiger charge is -2.26. The van der Waals surface area contributed by atoms with Gasteiger partial charge in [0.2, 0.25) is 5.71 Å². The van der Waals surface area contributed by atoms with Crippen LogP contribution in [0.3, 0.4) is 0 Å². The van der Waals surface area contributed by atoms with Crippen LogP contribution in [0, 0.1) is 6.92 Å². The van der Waals surface area contributed by atoms with E-state index in [1.54, 1.807) is 14.0 Å². The highest BCUT2D eigenvalue weighted by atomic mass is 16.3. The van der Waals surface area contributed by atoms with Crippen molar-refractivity contribution in [2.24, 2.45) is 7.05 Å². The molecule has 0 aromatic carbocycles. The number of nitrogens with one attached hydrogen (secondary N) is 1. The van der Waals surface area contributed by atoms with Crippen molar-refractivity contribution in [2.75, 3.05) is 11.9 Å². The molecule has 136 valence electrons. The summed E-state index contributed by atoms with van der Waals surface area (Å²) in [5.41, 5.74) is 0.908. The fourth-order valence-corrected chi connectivity index (χ4v) is 2.97. The second kappa shape index (κ2) is 5.75. The standard InChI is InChI=1S/C16H20N8O2/c1-9-11(14(25)17-7-10-20-22-24(4)21-10)12-13(18-8-19-15(12)26-9)23(3)16(2)5-6-16/h8H,5-7H2,1-4H3,(H,17,25). The number of tetrazole rings is 1. The summed E-state index contributed by atoms with van der Waals surface area (Å²) in [5, 5.41) is 15.1. The van der Waals surface area contributed by atoms with Gasteiger partial charge in [-0.25, -0.2) is 9.97 Å². The third kappa shape index (κ3) is 2.67. The largest absolute Gasteiger partial charge is 0.442 e. The van der Waals surface area contributed by atoms with E-state index in [1.807, 2.05) is 7.05 Å². The molecule has 1 fully saturated rings. The predicted octanol–water partition coefficient (Wildman–Crippen LogP) is 0.973. The molecular formula is C16H20N8O2. The van der Waals surface area contributed by atoms with Gasteiger partial charge >= 0.3 is 0 Å². The summed E-state index contributed by atoms with van der Waals surface area (Å²) in [7, 11) is 3.66. The van der Waals surface area contributed by atoms with E-state index in [2.05, 4.69) is 42.5 Å². The van der Waals surface area contributed by atoms with E-state index < -0.39 is 0 Å². The Kier molecular flexibility index (Phi) is 3.63. The quantitative estimate of drug-likeness (QED) is 0.719. The van der Waals surface area contributed by atoms with Gasteiger partial charge in [-0.2, -0.15) is 4.80 Å². The topological polar surface area (TPSA) is 115 Å². The van der Waals surface area contributed by atoms with E-state index in [0.717, 1.165) is 12.8 Å². The second-order valence-corrected chi connectivity index (χ2v) is 6.84. The molecule has 1 saturated carbocycles. The summed E-state index contributed by atoms with van der Waals surface area (Å²) in [6.45, 7) is 4.10. The van der Waals surface area contributed by atoms with E-state index >= 15 is 0 Å². The van der Waals surface area contributed by atoms with E-state index in [1.165, 1.54) is 11.1 Å². The minimum Gasteiger partial charge on any atom is -0.442 e. The van der Waals surface area contributed by atoms with E-state index in [-0.39, 0.29) is 18.0 Å². The van der Waals surface area contributed by atoms with Crippen LogP contribution >= 0.6 is 0 Å². The smallest absolute Gasteiger partial charge is 0.256 e. The minimum absolute atomic E-state index is 0.0593. The van der Waals surface area contributed by atoms with Crippen LogP contribution in [0.1, 0.15) is 41.7 Å². The Morgan fingerprint density at radius 2 is 2.19 bits per heavy atom. The number of carbonyl (C=O) groups is 1. The normalized spacial score (nSPS) is 15.2. The molecule has 1 amide bonds. The number of anilines is 1. The van der Waals surface area contributed by atoms with Crippen molar-refractivity contribution in [3.8, 4) is 0 Å². The first-order valence-electron chi connectivity index (χ1n) is 8.38. The van der Waals surface area contributed by atoms with Gasteiger partial charge in [0.15, 0.2) is 5.82 Å². The first-order chi connectivity index (χ1) is 12.4. The molecule has 0 radical (unpaired) electrons. The van der Waals surface area contributed by atoms with Crippen molar-refractivity contribution >= 4 is 22.8 Å². The minimum atomic E-state index is -0.279. The second-order valence-electron chi connectivity index (χ2n) is 6.84. The van der Waals surface area contributed by atoms with Crippen LogP contribution in [0.4, 0.5) is 5.82 Å². The molecule has 26 heavy (non-hydrogen) atoms. The lowest BCUT2D eigenvalue weighted by molar-refractivity contribution is 0.0949. The Hall–Kier alpha value is -3.04. The molecular weight excluding hydrogens is 336 g/mol. The number of fused-ring (bicyclic) bond motifs is 1. The number of furan rings is 1. The van der Waals surface area contributed by atoms with E-state index in [0.29, 0.717) is 34.1 Å².